The van der Waals surface area contributed by atoms with Gasteiger partial charge in [0.2, 0.25) is 0 Å². The molecule has 0 aliphatic rings. The summed E-state index contributed by atoms with van der Waals surface area (Å²) in [5, 5.41) is 11.6. The number of hydrogen-bond acceptors (Lipinski definition) is 5. The summed E-state index contributed by atoms with van der Waals surface area (Å²) in [6.07, 6.45) is 1.54. The normalized spacial score (nSPS) is 11.5. The van der Waals surface area contributed by atoms with Crippen LogP contribution in [0.15, 0.2) is 65.6 Å². The lowest BCUT2D eigenvalue weighted by atomic mass is 10.0. The predicted molar refractivity (Wildman–Crippen MR) is 130 cm³/mol. The summed E-state index contributed by atoms with van der Waals surface area (Å²) >= 11 is 0. The molecule has 4 aromatic rings. The zero-order valence-corrected chi connectivity index (χ0v) is 19.4. The lowest BCUT2D eigenvalue weighted by Gasteiger charge is -2.20. The van der Waals surface area contributed by atoms with Crippen LogP contribution in [0.4, 0.5) is 10.5 Å². The summed E-state index contributed by atoms with van der Waals surface area (Å²) in [6, 6.07) is 16.4. The molecule has 176 valence electrons. The molecule has 0 saturated carbocycles. The highest BCUT2D eigenvalue weighted by Crippen LogP contribution is 2.25. The molecule has 2 aromatic carbocycles. The third-order valence-electron chi connectivity index (χ3n) is 5.09. The van der Waals surface area contributed by atoms with E-state index in [1.54, 1.807) is 51.2 Å². The molecule has 0 aliphatic heterocycles. The van der Waals surface area contributed by atoms with Gasteiger partial charge in [-0.1, -0.05) is 30.3 Å². The number of fused-ring (bicyclic) bond motifs is 2. The van der Waals surface area contributed by atoms with Crippen molar-refractivity contribution >= 4 is 34.1 Å². The third kappa shape index (κ3) is 5.25. The quantitative estimate of drug-likeness (QED) is 0.425. The monoisotopic (exact) mass is 461 g/mol. The fraction of sp³-hybridized carbons (Fsp3) is 0.280. The molecule has 9 nitrogen and oxygen atoms in total. The summed E-state index contributed by atoms with van der Waals surface area (Å²) in [4.78, 5) is 37.7. The number of carbonyl (C=O) groups excluding carboxylic acids is 2. The van der Waals surface area contributed by atoms with Gasteiger partial charge in [-0.25, -0.2) is 14.3 Å². The Morgan fingerprint density at radius 1 is 1.03 bits per heavy atom. The number of rotatable bonds is 6. The molecule has 0 radical (unpaired) electrons. The lowest BCUT2D eigenvalue weighted by molar-refractivity contribution is 0.0636. The molecule has 4 rings (SSSR count). The van der Waals surface area contributed by atoms with E-state index in [2.05, 4.69) is 15.7 Å². The summed E-state index contributed by atoms with van der Waals surface area (Å²) < 4.78 is 8.21. The Balaban J connectivity index is 1.46. The topological polar surface area (TPSA) is 107 Å². The fourth-order valence-electron chi connectivity index (χ4n) is 3.58. The first-order valence-electron chi connectivity index (χ1n) is 11.1. The minimum absolute atomic E-state index is 0.222. The minimum atomic E-state index is -0.667. The van der Waals surface area contributed by atoms with Crippen LogP contribution < -0.4 is 16.3 Å². The average molecular weight is 462 g/mol. The molecule has 0 bridgehead atoms. The van der Waals surface area contributed by atoms with Crippen LogP contribution in [0.1, 0.15) is 37.6 Å². The smallest absolute Gasteiger partial charge is 0.412 e. The molecule has 0 saturated heterocycles. The van der Waals surface area contributed by atoms with E-state index >= 15 is 0 Å². The van der Waals surface area contributed by atoms with Crippen molar-refractivity contribution in [3.63, 3.8) is 0 Å². The molecule has 0 spiro atoms. The molecule has 0 aliphatic carbocycles. The number of anilines is 1. The Kier molecular flexibility index (Phi) is 6.36. The Hall–Kier alpha value is -4.14. The van der Waals surface area contributed by atoms with E-state index in [1.807, 2.05) is 30.3 Å². The van der Waals surface area contributed by atoms with Crippen molar-refractivity contribution in [3.8, 4) is 0 Å². The second kappa shape index (κ2) is 9.38. The van der Waals surface area contributed by atoms with Crippen LogP contribution in [-0.4, -0.2) is 38.3 Å². The maximum absolute atomic E-state index is 13.0. The maximum Gasteiger partial charge on any atom is 0.412 e. The predicted octanol–water partition coefficient (Wildman–Crippen LogP) is 3.82. The standard InChI is InChI=1S/C25H27N5O4/c1-25(2,3)34-23(32)27-20-16-18-10-5-4-9-17(18)15-19(20)22(31)26-12-8-14-30-24(33)29-13-7-6-11-21(29)28-30/h4-7,9-11,13,15-16H,8,12,14H2,1-3H3,(H,26,31)(H,27,32). The van der Waals surface area contributed by atoms with Crippen molar-refractivity contribution < 1.29 is 14.3 Å². The molecule has 9 heteroatoms. The van der Waals surface area contributed by atoms with Gasteiger partial charge in [0.15, 0.2) is 5.65 Å². The average Bonchev–Trinajstić information content (AvgIpc) is 3.10. The van der Waals surface area contributed by atoms with Gasteiger partial charge in [-0.15, -0.1) is 5.10 Å². The Bertz CT molecular complexity index is 1410. The van der Waals surface area contributed by atoms with E-state index < -0.39 is 11.7 Å². The Morgan fingerprint density at radius 2 is 1.74 bits per heavy atom. The van der Waals surface area contributed by atoms with Gasteiger partial charge in [0.25, 0.3) is 5.91 Å². The molecule has 2 N–H and O–H groups in total. The van der Waals surface area contributed by atoms with E-state index in [1.165, 1.54) is 9.08 Å². The highest BCUT2D eigenvalue weighted by Gasteiger charge is 2.20. The third-order valence-corrected chi connectivity index (χ3v) is 5.09. The van der Waals surface area contributed by atoms with Crippen molar-refractivity contribution in [2.24, 2.45) is 0 Å². The molecule has 0 atom stereocenters. The summed E-state index contributed by atoms with van der Waals surface area (Å²) in [7, 11) is 0. The van der Waals surface area contributed by atoms with E-state index in [0.29, 0.717) is 36.4 Å². The van der Waals surface area contributed by atoms with Crippen LogP contribution >= 0.6 is 0 Å². The van der Waals surface area contributed by atoms with Gasteiger partial charge in [-0.2, -0.15) is 0 Å². The number of carbonyl (C=O) groups is 2. The van der Waals surface area contributed by atoms with Crippen molar-refractivity contribution in [1.82, 2.24) is 19.5 Å². The number of nitrogens with zero attached hydrogens (tertiary/aromatic N) is 3. The number of pyridine rings is 1. The molecule has 34 heavy (non-hydrogen) atoms. The van der Waals surface area contributed by atoms with Crippen LogP contribution in [0.3, 0.4) is 0 Å². The van der Waals surface area contributed by atoms with Crippen LogP contribution in [0, 0.1) is 0 Å². The first kappa shape index (κ1) is 23.0. The Labute approximate surface area is 196 Å². The lowest BCUT2D eigenvalue weighted by Crippen LogP contribution is -2.30. The molecular weight excluding hydrogens is 434 g/mol. The highest BCUT2D eigenvalue weighted by molar-refractivity contribution is 6.07. The molecule has 2 aromatic heterocycles. The van der Waals surface area contributed by atoms with E-state index in [-0.39, 0.29) is 11.6 Å². The van der Waals surface area contributed by atoms with Crippen molar-refractivity contribution in [2.75, 3.05) is 11.9 Å². The van der Waals surface area contributed by atoms with Crippen molar-refractivity contribution in [1.29, 1.82) is 0 Å². The first-order valence-corrected chi connectivity index (χ1v) is 11.1. The number of hydrogen-bond donors (Lipinski definition) is 2. The van der Waals surface area contributed by atoms with E-state index in [0.717, 1.165) is 10.8 Å². The van der Waals surface area contributed by atoms with Gasteiger partial charge in [-0.05, 0) is 62.2 Å². The zero-order valence-electron chi connectivity index (χ0n) is 19.4. The van der Waals surface area contributed by atoms with E-state index in [9.17, 15) is 14.4 Å². The summed E-state index contributed by atoms with van der Waals surface area (Å²) in [5.74, 6) is -0.334. The first-order chi connectivity index (χ1) is 16.2. The largest absolute Gasteiger partial charge is 0.444 e. The molecule has 2 amide bonds. The number of aryl methyl sites for hydroxylation is 1. The zero-order chi connectivity index (χ0) is 24.3. The van der Waals surface area contributed by atoms with Crippen LogP contribution in [0.25, 0.3) is 16.4 Å². The van der Waals surface area contributed by atoms with Gasteiger partial charge in [0.05, 0.1) is 11.3 Å². The number of nitrogens with one attached hydrogen (secondary N) is 2. The molecular formula is C25H27N5O4. The molecule has 0 unspecified atom stereocenters. The Morgan fingerprint density at radius 3 is 2.44 bits per heavy atom. The SMILES string of the molecule is CC(C)(C)OC(=O)Nc1cc2ccccc2cc1C(=O)NCCCn1nc2ccccn2c1=O. The molecule has 0 fully saturated rings. The highest BCUT2D eigenvalue weighted by atomic mass is 16.6. The number of amides is 2. The van der Waals surface area contributed by atoms with E-state index in [4.69, 9.17) is 4.74 Å². The second-order valence-electron chi connectivity index (χ2n) is 8.92. The van der Waals surface area contributed by atoms with Crippen molar-refractivity contribution in [3.05, 3.63) is 76.8 Å². The second-order valence-corrected chi connectivity index (χ2v) is 8.92. The van der Waals surface area contributed by atoms with Crippen molar-refractivity contribution in [2.45, 2.75) is 39.3 Å². The van der Waals surface area contributed by atoms with Crippen LogP contribution in [-0.2, 0) is 11.3 Å². The molecule has 2 heterocycles. The minimum Gasteiger partial charge on any atom is -0.444 e. The van der Waals surface area contributed by atoms with Gasteiger partial charge in [0.1, 0.15) is 5.60 Å². The number of benzene rings is 2. The summed E-state index contributed by atoms with van der Waals surface area (Å²) in [6.45, 7) is 6.01. The number of aromatic nitrogens is 3. The van der Waals surface area contributed by atoms with Crippen LogP contribution in [0.2, 0.25) is 0 Å². The van der Waals surface area contributed by atoms with Gasteiger partial charge >= 0.3 is 11.8 Å². The fourth-order valence-corrected chi connectivity index (χ4v) is 3.58. The number of ether oxygens (including phenoxy) is 1. The summed E-state index contributed by atoms with van der Waals surface area (Å²) in [5.41, 5.74) is 0.377. The van der Waals surface area contributed by atoms with Gasteiger partial charge in [-0.3, -0.25) is 14.5 Å². The van der Waals surface area contributed by atoms with Gasteiger partial charge in [0, 0.05) is 19.3 Å². The maximum atomic E-state index is 13.0. The van der Waals surface area contributed by atoms with Gasteiger partial charge < -0.3 is 10.1 Å². The van der Waals surface area contributed by atoms with Crippen LogP contribution in [0.5, 0.6) is 0 Å².